The first-order valence-electron chi connectivity index (χ1n) is 8.06. The second kappa shape index (κ2) is 7.97. The molecule has 1 unspecified atom stereocenters. The lowest BCUT2D eigenvalue weighted by Gasteiger charge is -2.06. The molecule has 1 aromatic heterocycles. The van der Waals surface area contributed by atoms with E-state index in [1.54, 1.807) is 31.2 Å². The van der Waals surface area contributed by atoms with Gasteiger partial charge in [-0.1, -0.05) is 41.4 Å². The van der Waals surface area contributed by atoms with Gasteiger partial charge in [0.25, 0.3) is 5.89 Å². The molecule has 0 saturated heterocycles. The Morgan fingerprint density at radius 1 is 1.19 bits per heavy atom. The number of esters is 1. The summed E-state index contributed by atoms with van der Waals surface area (Å²) in [5, 5.41) is 8.57. The van der Waals surface area contributed by atoms with Crippen molar-refractivity contribution in [2.24, 2.45) is 0 Å². The maximum atomic E-state index is 12.0. The lowest BCUT2D eigenvalue weighted by molar-refractivity contribution is -0.143. The van der Waals surface area contributed by atoms with Gasteiger partial charge in [-0.3, -0.25) is 0 Å². The molecule has 1 heterocycles. The fraction of sp³-hybridized carbons (Fsp3) is 0.150. The van der Waals surface area contributed by atoms with Crippen LogP contribution in [0.5, 0.6) is 0 Å². The fourth-order valence-electron chi connectivity index (χ4n) is 2.25. The zero-order valence-corrected chi connectivity index (χ0v) is 15.1. The number of aromatic nitrogens is 2. The largest absolute Gasteiger partial charge is 0.449 e. The minimum absolute atomic E-state index is 0.241. The molecule has 1 atom stereocenters. The van der Waals surface area contributed by atoms with Crippen molar-refractivity contribution < 1.29 is 13.9 Å². The van der Waals surface area contributed by atoms with Crippen molar-refractivity contribution >= 4 is 23.6 Å². The van der Waals surface area contributed by atoms with Gasteiger partial charge in [0, 0.05) is 16.7 Å². The van der Waals surface area contributed by atoms with E-state index in [4.69, 9.17) is 20.8 Å². The summed E-state index contributed by atoms with van der Waals surface area (Å²) >= 11 is 5.91. The summed E-state index contributed by atoms with van der Waals surface area (Å²) in [5.74, 6) is 0.120. The van der Waals surface area contributed by atoms with E-state index in [0.717, 1.165) is 16.7 Å². The van der Waals surface area contributed by atoms with Crippen LogP contribution in [-0.4, -0.2) is 16.2 Å². The van der Waals surface area contributed by atoms with Crippen molar-refractivity contribution in [3.63, 3.8) is 0 Å². The predicted molar refractivity (Wildman–Crippen MR) is 99.5 cm³/mol. The van der Waals surface area contributed by atoms with Gasteiger partial charge in [-0.15, -0.1) is 10.2 Å². The third-order valence-electron chi connectivity index (χ3n) is 3.64. The predicted octanol–water partition coefficient (Wildman–Crippen LogP) is 5.02. The minimum Gasteiger partial charge on any atom is -0.449 e. The topological polar surface area (TPSA) is 65.2 Å². The van der Waals surface area contributed by atoms with Gasteiger partial charge in [-0.25, -0.2) is 4.79 Å². The average molecular weight is 369 g/mol. The minimum atomic E-state index is -0.654. The lowest BCUT2D eigenvalue weighted by atomic mass is 10.1. The highest BCUT2D eigenvalue weighted by molar-refractivity contribution is 6.30. The molecule has 26 heavy (non-hydrogen) atoms. The number of benzene rings is 2. The summed E-state index contributed by atoms with van der Waals surface area (Å²) in [4.78, 5) is 12.0. The monoisotopic (exact) mass is 368 g/mol. The SMILES string of the molecule is Cc1ccc(-c2nnc(C(C)OC(=O)/C=C/c3cccc(Cl)c3)o2)cc1. The van der Waals surface area contributed by atoms with E-state index in [1.165, 1.54) is 6.08 Å². The van der Waals surface area contributed by atoms with Gasteiger partial charge in [0.05, 0.1) is 0 Å². The maximum Gasteiger partial charge on any atom is 0.331 e. The maximum absolute atomic E-state index is 12.0. The van der Waals surface area contributed by atoms with Crippen LogP contribution in [0.2, 0.25) is 5.02 Å². The van der Waals surface area contributed by atoms with Gasteiger partial charge in [-0.05, 0) is 49.8 Å². The molecule has 0 spiro atoms. The average Bonchev–Trinajstić information content (AvgIpc) is 3.11. The van der Waals surface area contributed by atoms with Gasteiger partial charge in [-0.2, -0.15) is 0 Å². The molecule has 2 aromatic carbocycles. The van der Waals surface area contributed by atoms with Crippen molar-refractivity contribution in [1.82, 2.24) is 10.2 Å². The number of carbonyl (C=O) groups excluding carboxylic acids is 1. The highest BCUT2D eigenvalue weighted by Crippen LogP contribution is 2.23. The van der Waals surface area contributed by atoms with E-state index >= 15 is 0 Å². The molecular weight excluding hydrogens is 352 g/mol. The van der Waals surface area contributed by atoms with Gasteiger partial charge in [0.1, 0.15) is 0 Å². The number of halogens is 1. The third-order valence-corrected chi connectivity index (χ3v) is 3.88. The van der Waals surface area contributed by atoms with Crippen LogP contribution in [0.25, 0.3) is 17.5 Å². The highest BCUT2D eigenvalue weighted by Gasteiger charge is 2.18. The van der Waals surface area contributed by atoms with E-state index in [9.17, 15) is 4.79 Å². The van der Waals surface area contributed by atoms with Crippen LogP contribution >= 0.6 is 11.6 Å². The standard InChI is InChI=1S/C20H17ClN2O3/c1-13-6-9-16(10-7-13)20-23-22-19(26-20)14(2)25-18(24)11-8-15-4-3-5-17(21)12-15/h3-12,14H,1-2H3/b11-8+. The Morgan fingerprint density at radius 2 is 1.96 bits per heavy atom. The number of hydrogen-bond donors (Lipinski definition) is 0. The van der Waals surface area contributed by atoms with E-state index < -0.39 is 12.1 Å². The fourth-order valence-corrected chi connectivity index (χ4v) is 2.45. The normalized spacial score (nSPS) is 12.3. The molecule has 0 amide bonds. The number of aryl methyl sites for hydroxylation is 1. The first kappa shape index (κ1) is 17.9. The van der Waals surface area contributed by atoms with Crippen LogP contribution in [0.3, 0.4) is 0 Å². The van der Waals surface area contributed by atoms with Crippen molar-refractivity contribution in [1.29, 1.82) is 0 Å². The Bertz CT molecular complexity index is 932. The molecule has 6 heteroatoms. The highest BCUT2D eigenvalue weighted by atomic mass is 35.5. The quantitative estimate of drug-likeness (QED) is 0.467. The Morgan fingerprint density at radius 3 is 2.69 bits per heavy atom. The summed E-state index contributed by atoms with van der Waals surface area (Å²) < 4.78 is 10.9. The third kappa shape index (κ3) is 4.58. The number of nitrogens with zero attached hydrogens (tertiary/aromatic N) is 2. The van der Waals surface area contributed by atoms with Crippen LogP contribution in [0, 0.1) is 6.92 Å². The summed E-state index contributed by atoms with van der Waals surface area (Å²) in [6, 6.07) is 14.9. The molecule has 0 aliphatic carbocycles. The molecule has 0 radical (unpaired) electrons. The first-order valence-corrected chi connectivity index (χ1v) is 8.44. The van der Waals surface area contributed by atoms with Gasteiger partial charge in [0.15, 0.2) is 6.10 Å². The second-order valence-corrected chi connectivity index (χ2v) is 6.22. The van der Waals surface area contributed by atoms with E-state index in [2.05, 4.69) is 10.2 Å². The van der Waals surface area contributed by atoms with E-state index in [0.29, 0.717) is 10.9 Å². The van der Waals surface area contributed by atoms with E-state index in [-0.39, 0.29) is 5.89 Å². The molecule has 0 fully saturated rings. The van der Waals surface area contributed by atoms with Crippen molar-refractivity contribution in [3.05, 3.63) is 76.6 Å². The zero-order valence-electron chi connectivity index (χ0n) is 14.3. The molecule has 5 nitrogen and oxygen atoms in total. The molecule has 3 rings (SSSR count). The molecule has 0 N–H and O–H groups in total. The second-order valence-electron chi connectivity index (χ2n) is 5.78. The van der Waals surface area contributed by atoms with Gasteiger partial charge in [0.2, 0.25) is 5.89 Å². The Balaban J connectivity index is 1.63. The molecule has 132 valence electrons. The zero-order chi connectivity index (χ0) is 18.5. The van der Waals surface area contributed by atoms with Crippen LogP contribution in [0.4, 0.5) is 0 Å². The van der Waals surface area contributed by atoms with Crippen LogP contribution in [0.1, 0.15) is 30.0 Å². The number of ether oxygens (including phenoxy) is 1. The van der Waals surface area contributed by atoms with Crippen LogP contribution in [-0.2, 0) is 9.53 Å². The molecule has 3 aromatic rings. The van der Waals surface area contributed by atoms with E-state index in [1.807, 2.05) is 37.3 Å². The summed E-state index contributed by atoms with van der Waals surface area (Å²) in [6.45, 7) is 3.68. The summed E-state index contributed by atoms with van der Waals surface area (Å²) in [6.07, 6.45) is 2.31. The molecule has 0 saturated carbocycles. The van der Waals surface area contributed by atoms with Crippen LogP contribution < -0.4 is 0 Å². The number of rotatable bonds is 5. The summed E-state index contributed by atoms with van der Waals surface area (Å²) in [7, 11) is 0. The molecular formula is C20H17ClN2O3. The smallest absolute Gasteiger partial charge is 0.331 e. The molecule has 0 bridgehead atoms. The van der Waals surface area contributed by atoms with Crippen molar-refractivity contribution in [2.75, 3.05) is 0 Å². The Kier molecular flexibility index (Phi) is 5.49. The summed E-state index contributed by atoms with van der Waals surface area (Å²) in [5.41, 5.74) is 2.76. The first-order chi connectivity index (χ1) is 12.5. The van der Waals surface area contributed by atoms with Crippen molar-refractivity contribution in [3.8, 4) is 11.5 Å². The van der Waals surface area contributed by atoms with Crippen molar-refractivity contribution in [2.45, 2.75) is 20.0 Å². The lowest BCUT2D eigenvalue weighted by Crippen LogP contribution is -2.06. The Hall–Kier alpha value is -2.92. The van der Waals surface area contributed by atoms with Gasteiger partial charge >= 0.3 is 5.97 Å². The number of hydrogen-bond acceptors (Lipinski definition) is 5. The van der Waals surface area contributed by atoms with Crippen LogP contribution in [0.15, 0.2) is 59.0 Å². The van der Waals surface area contributed by atoms with Gasteiger partial charge < -0.3 is 9.15 Å². The molecule has 0 aliphatic heterocycles. The molecule has 0 aliphatic rings. The Labute approximate surface area is 156 Å². The number of carbonyl (C=O) groups is 1.